The molecule has 0 amide bonds. The molecule has 0 radical (unpaired) electrons. The lowest BCUT2D eigenvalue weighted by atomic mass is 10.0. The second-order valence-corrected chi connectivity index (χ2v) is 2.41. The first-order valence-corrected chi connectivity index (χ1v) is 3.46. The van der Waals surface area contributed by atoms with Gasteiger partial charge in [0.05, 0.1) is 12.2 Å². The van der Waals surface area contributed by atoms with E-state index < -0.39 is 0 Å². The third-order valence-corrected chi connectivity index (χ3v) is 1.68. The number of rotatable bonds is 0. The minimum Gasteiger partial charge on any atom is -0.492 e. The van der Waals surface area contributed by atoms with Crippen LogP contribution < -0.4 is 0 Å². The largest absolute Gasteiger partial charge is 0.492 e. The van der Waals surface area contributed by atoms with E-state index in [2.05, 4.69) is 6.08 Å². The average Bonchev–Trinajstić information content (AvgIpc) is 2.06. The third kappa shape index (κ3) is 0.917. The monoisotopic (exact) mass is 143 g/mol. The van der Waals surface area contributed by atoms with Gasteiger partial charge < -0.3 is 5.11 Å². The van der Waals surface area contributed by atoms with Crippen molar-refractivity contribution in [3.05, 3.63) is 53.6 Å². The summed E-state index contributed by atoms with van der Waals surface area (Å²) in [7, 11) is 0. The number of hydrogen-bond donors (Lipinski definition) is 1. The predicted molar refractivity (Wildman–Crippen MR) is 44.0 cm³/mol. The minimum absolute atomic E-state index is 0.319. The Bertz CT molecular complexity index is 334. The van der Waals surface area contributed by atoms with Crippen LogP contribution >= 0.6 is 0 Å². The van der Waals surface area contributed by atoms with Gasteiger partial charge in [-0.05, 0) is 18.2 Å². The van der Waals surface area contributed by atoms with Crippen LogP contribution in [0.25, 0.3) is 5.76 Å². The maximum Gasteiger partial charge on any atom is 0.211 e. The molecule has 0 unspecified atom stereocenters. The van der Waals surface area contributed by atoms with Crippen LogP contribution in [0.3, 0.4) is 0 Å². The number of fused-ring (bicyclic) bond motifs is 1. The van der Waals surface area contributed by atoms with Gasteiger partial charge in [0.2, 0.25) is 5.76 Å². The number of allylic oxidation sites excluding steroid dienone is 2. The molecule has 1 nitrogen and oxygen atoms in total. The smallest absolute Gasteiger partial charge is 0.211 e. The van der Waals surface area contributed by atoms with Gasteiger partial charge in [0.1, 0.15) is 5.56 Å². The van der Waals surface area contributed by atoms with E-state index in [4.69, 9.17) is 0 Å². The quantitative estimate of drug-likeness (QED) is 0.552. The van der Waals surface area contributed by atoms with Crippen LogP contribution in [0, 0.1) is 6.08 Å². The van der Waals surface area contributed by atoms with Crippen molar-refractivity contribution in [2.24, 2.45) is 0 Å². The number of aliphatic hydroxyl groups is 1. The summed E-state index contributed by atoms with van der Waals surface area (Å²) in [6, 6.07) is 7.63. The van der Waals surface area contributed by atoms with Crippen molar-refractivity contribution in [1.82, 2.24) is 0 Å². The molecule has 0 heterocycles. The van der Waals surface area contributed by atoms with Crippen LogP contribution in [0.2, 0.25) is 0 Å². The molecule has 2 rings (SSSR count). The molecule has 0 atom stereocenters. The summed E-state index contributed by atoms with van der Waals surface area (Å²) in [6.45, 7) is 0. The van der Waals surface area contributed by atoms with Crippen molar-refractivity contribution < 1.29 is 5.11 Å². The fourth-order valence-electron chi connectivity index (χ4n) is 1.13. The van der Waals surface area contributed by atoms with E-state index in [9.17, 15) is 5.11 Å². The maximum atomic E-state index is 9.35. The molecule has 11 heavy (non-hydrogen) atoms. The number of aliphatic hydroxyl groups excluding tert-OH is 1. The lowest BCUT2D eigenvalue weighted by Crippen LogP contribution is -1.91. The van der Waals surface area contributed by atoms with E-state index in [1.54, 1.807) is 12.2 Å². The lowest BCUT2D eigenvalue weighted by Gasteiger charge is -1.97. The lowest BCUT2D eigenvalue weighted by molar-refractivity contribution is 0.511. The Kier molecular flexibility index (Phi) is 1.24. The standard InChI is InChI=1S/C10H6O/c11-10-7-3-5-8-4-1-2-6-9(8)10/h1-4,6-7H/p+1. The molecule has 1 heteroatoms. The van der Waals surface area contributed by atoms with E-state index in [0.717, 1.165) is 11.1 Å². The van der Waals surface area contributed by atoms with E-state index in [1.807, 2.05) is 24.3 Å². The van der Waals surface area contributed by atoms with Crippen molar-refractivity contribution in [1.29, 1.82) is 0 Å². The van der Waals surface area contributed by atoms with Crippen LogP contribution in [0.5, 0.6) is 0 Å². The fourth-order valence-corrected chi connectivity index (χ4v) is 1.13. The Morgan fingerprint density at radius 1 is 1.18 bits per heavy atom. The molecule has 0 aliphatic heterocycles. The predicted octanol–water partition coefficient (Wildman–Crippen LogP) is 2.31. The normalized spacial score (nSPS) is 13.3. The van der Waals surface area contributed by atoms with Gasteiger partial charge in [-0.2, -0.15) is 0 Å². The second-order valence-electron chi connectivity index (χ2n) is 2.41. The number of hydrogen-bond acceptors (Lipinski definition) is 1. The summed E-state index contributed by atoms with van der Waals surface area (Å²) in [5, 5.41) is 9.35. The average molecular weight is 143 g/mol. The van der Waals surface area contributed by atoms with Gasteiger partial charge in [-0.3, -0.25) is 0 Å². The van der Waals surface area contributed by atoms with Crippen LogP contribution in [0.4, 0.5) is 0 Å². The molecular formula is C10H7O+. The molecule has 1 aromatic rings. The van der Waals surface area contributed by atoms with E-state index in [-0.39, 0.29) is 0 Å². The van der Waals surface area contributed by atoms with E-state index >= 15 is 0 Å². The molecule has 1 aliphatic carbocycles. The Hall–Kier alpha value is -1.59. The summed E-state index contributed by atoms with van der Waals surface area (Å²) in [4.78, 5) is 0. The van der Waals surface area contributed by atoms with Gasteiger partial charge in [0.15, 0.2) is 5.56 Å². The Balaban J connectivity index is 2.67. The second kappa shape index (κ2) is 2.22. The summed E-state index contributed by atoms with van der Waals surface area (Å²) in [6.07, 6.45) is 6.39. The molecule has 1 N–H and O–H groups in total. The van der Waals surface area contributed by atoms with Gasteiger partial charge in [0.25, 0.3) is 0 Å². The molecule has 1 aliphatic rings. The summed E-state index contributed by atoms with van der Waals surface area (Å²) in [5.41, 5.74) is 1.81. The molecule has 0 saturated heterocycles. The van der Waals surface area contributed by atoms with Gasteiger partial charge in [-0.15, -0.1) is 0 Å². The highest BCUT2D eigenvalue weighted by molar-refractivity contribution is 5.66. The first kappa shape index (κ1) is 6.14. The highest BCUT2D eigenvalue weighted by Crippen LogP contribution is 2.20. The molecule has 52 valence electrons. The fraction of sp³-hybridized carbons (Fsp3) is 0. The van der Waals surface area contributed by atoms with Crippen molar-refractivity contribution in [3.63, 3.8) is 0 Å². The molecule has 1 aromatic carbocycles. The Morgan fingerprint density at radius 3 is 2.82 bits per heavy atom. The van der Waals surface area contributed by atoms with Gasteiger partial charge in [-0.1, -0.05) is 0 Å². The Labute approximate surface area is 65.3 Å². The molecule has 0 fully saturated rings. The zero-order valence-corrected chi connectivity index (χ0v) is 5.91. The highest BCUT2D eigenvalue weighted by atomic mass is 16.3. The first-order chi connectivity index (χ1) is 5.38. The SMILES string of the molecule is OC1=CC=[C+]c2ccccc21. The summed E-state index contributed by atoms with van der Waals surface area (Å²) >= 11 is 0. The molecule has 0 bridgehead atoms. The van der Waals surface area contributed by atoms with E-state index in [0.29, 0.717) is 5.76 Å². The molecular weight excluding hydrogens is 136 g/mol. The third-order valence-electron chi connectivity index (χ3n) is 1.68. The summed E-state index contributed by atoms with van der Waals surface area (Å²) in [5.74, 6) is 0.319. The van der Waals surface area contributed by atoms with Gasteiger partial charge in [0, 0.05) is 12.1 Å². The van der Waals surface area contributed by atoms with Crippen molar-refractivity contribution >= 4 is 5.76 Å². The topological polar surface area (TPSA) is 20.2 Å². The van der Waals surface area contributed by atoms with Gasteiger partial charge >= 0.3 is 0 Å². The molecule has 0 aromatic heterocycles. The zero-order chi connectivity index (χ0) is 7.68. The minimum atomic E-state index is 0.319. The van der Waals surface area contributed by atoms with Crippen molar-refractivity contribution in [2.45, 2.75) is 0 Å². The van der Waals surface area contributed by atoms with Crippen LogP contribution in [-0.4, -0.2) is 5.11 Å². The Morgan fingerprint density at radius 2 is 2.00 bits per heavy atom. The maximum absolute atomic E-state index is 9.35. The molecule has 0 spiro atoms. The number of benzene rings is 1. The van der Waals surface area contributed by atoms with Crippen molar-refractivity contribution in [2.75, 3.05) is 0 Å². The van der Waals surface area contributed by atoms with Crippen LogP contribution in [0.15, 0.2) is 36.4 Å². The highest BCUT2D eigenvalue weighted by Gasteiger charge is 2.14. The molecule has 0 saturated carbocycles. The van der Waals surface area contributed by atoms with Gasteiger partial charge in [-0.25, -0.2) is 0 Å². The first-order valence-electron chi connectivity index (χ1n) is 3.46. The summed E-state index contributed by atoms with van der Waals surface area (Å²) < 4.78 is 0. The van der Waals surface area contributed by atoms with E-state index in [1.165, 1.54) is 0 Å². The van der Waals surface area contributed by atoms with Crippen LogP contribution in [-0.2, 0) is 0 Å². The van der Waals surface area contributed by atoms with Crippen LogP contribution in [0.1, 0.15) is 11.1 Å². The van der Waals surface area contributed by atoms with Crippen molar-refractivity contribution in [3.8, 4) is 0 Å². The zero-order valence-electron chi connectivity index (χ0n) is 5.91.